The van der Waals surface area contributed by atoms with E-state index in [-0.39, 0.29) is 0 Å². The van der Waals surface area contributed by atoms with Gasteiger partial charge in [0.1, 0.15) is 0 Å². The fourth-order valence-electron chi connectivity index (χ4n) is 0.586. The molecular formula is C3F7N. The molecule has 0 N–H and O–H groups in total. The Hall–Kier alpha value is -0.530. The van der Waals surface area contributed by atoms with Crippen molar-refractivity contribution in [2.75, 3.05) is 0 Å². The van der Waals surface area contributed by atoms with Gasteiger partial charge >= 0.3 is 17.6 Å². The number of halogens is 7. The van der Waals surface area contributed by atoms with Gasteiger partial charge in [-0.2, -0.15) is 17.6 Å². The summed E-state index contributed by atoms with van der Waals surface area (Å²) in [7, 11) is 0. The van der Waals surface area contributed by atoms with Gasteiger partial charge in [-0.1, -0.05) is 8.96 Å². The molecule has 11 heavy (non-hydrogen) atoms. The largest absolute Gasteiger partial charge is 0.373 e. The van der Waals surface area contributed by atoms with Crippen LogP contribution in [0.15, 0.2) is 0 Å². The van der Waals surface area contributed by atoms with Gasteiger partial charge in [0.25, 0.3) is 0 Å². The quantitative estimate of drug-likeness (QED) is 0.341. The van der Waals surface area contributed by atoms with E-state index in [1.807, 2.05) is 0 Å². The van der Waals surface area contributed by atoms with E-state index in [2.05, 4.69) is 0 Å². The highest BCUT2D eigenvalue weighted by Gasteiger charge is 3.03. The molecule has 66 valence electrons. The van der Waals surface area contributed by atoms with E-state index < -0.39 is 23.0 Å². The van der Waals surface area contributed by atoms with Crippen LogP contribution in [0.5, 0.6) is 0 Å². The summed E-state index contributed by atoms with van der Waals surface area (Å²) in [4.78, 5) is 0. The van der Waals surface area contributed by atoms with Crippen LogP contribution in [0.1, 0.15) is 0 Å². The van der Waals surface area contributed by atoms with Crippen molar-refractivity contribution in [2.45, 2.75) is 17.6 Å². The van der Waals surface area contributed by atoms with E-state index in [9.17, 15) is 30.9 Å². The molecule has 1 nitrogen and oxygen atoms in total. The summed E-state index contributed by atoms with van der Waals surface area (Å²) in [5, 5.41) is -2.81. The Morgan fingerprint density at radius 2 is 1.00 bits per heavy atom. The normalized spacial score (nSPS) is 30.5. The molecule has 0 radical (unpaired) electrons. The van der Waals surface area contributed by atoms with Crippen molar-refractivity contribution in [1.82, 2.24) is 5.34 Å². The molecule has 0 aliphatic heterocycles. The Morgan fingerprint density at radius 3 is 1.00 bits per heavy atom. The van der Waals surface area contributed by atoms with Gasteiger partial charge in [-0.05, 0) is 0 Å². The summed E-state index contributed by atoms with van der Waals surface area (Å²) in [6.45, 7) is 0. The molecule has 0 spiro atoms. The maximum Gasteiger partial charge on any atom is 0.373 e. The van der Waals surface area contributed by atoms with Crippen LogP contribution >= 0.6 is 0 Å². The lowest BCUT2D eigenvalue weighted by Crippen LogP contribution is -2.27. The predicted octanol–water partition coefficient (Wildman–Crippen LogP) is 2.01. The average molecular weight is 183 g/mol. The Bertz CT molecular complexity index is 172. The third-order valence-corrected chi connectivity index (χ3v) is 1.40. The van der Waals surface area contributed by atoms with Gasteiger partial charge in [0.2, 0.25) is 0 Å². The standard InChI is InChI=1S/C3F7N/c4-1(5)2(6,7)3(1,8)11(9)10. The van der Waals surface area contributed by atoms with Crippen LogP contribution in [0.2, 0.25) is 0 Å². The first kappa shape index (κ1) is 8.57. The minimum absolute atomic E-state index is 2.81. The van der Waals surface area contributed by atoms with Crippen molar-refractivity contribution in [3.63, 3.8) is 0 Å². The molecule has 0 saturated heterocycles. The smallest absolute Gasteiger partial charge is 0.206 e. The maximum atomic E-state index is 11.9. The van der Waals surface area contributed by atoms with E-state index in [1.165, 1.54) is 0 Å². The van der Waals surface area contributed by atoms with Crippen LogP contribution in [0.4, 0.5) is 30.9 Å². The lowest BCUT2D eigenvalue weighted by Gasteiger charge is -2.02. The van der Waals surface area contributed by atoms with Gasteiger partial charge in [-0.15, -0.1) is 0 Å². The summed E-state index contributed by atoms with van der Waals surface area (Å²) in [6, 6.07) is 0. The van der Waals surface area contributed by atoms with Gasteiger partial charge in [0, 0.05) is 0 Å². The lowest BCUT2D eigenvalue weighted by atomic mass is 10.6. The maximum absolute atomic E-state index is 11.9. The molecule has 0 aromatic rings. The highest BCUT2D eigenvalue weighted by Crippen LogP contribution is 2.69. The first-order valence-corrected chi connectivity index (χ1v) is 2.26. The van der Waals surface area contributed by atoms with Gasteiger partial charge in [-0.3, -0.25) is 0 Å². The number of nitrogens with zero attached hydrogens (tertiary/aromatic N) is 1. The Kier molecular flexibility index (Phi) is 1.26. The third kappa shape index (κ3) is 0.569. The first-order chi connectivity index (χ1) is 4.69. The topological polar surface area (TPSA) is 3.24 Å². The monoisotopic (exact) mass is 183 g/mol. The minimum atomic E-state index is -5.30. The van der Waals surface area contributed by atoms with E-state index >= 15 is 0 Å². The number of rotatable bonds is 1. The van der Waals surface area contributed by atoms with Crippen LogP contribution in [0.25, 0.3) is 0 Å². The summed E-state index contributed by atoms with van der Waals surface area (Å²) in [5.41, 5.74) is 0. The summed E-state index contributed by atoms with van der Waals surface area (Å²) < 4.78 is 80.3. The van der Waals surface area contributed by atoms with Gasteiger partial charge in [0.05, 0.1) is 5.34 Å². The molecule has 0 aromatic carbocycles. The van der Waals surface area contributed by atoms with Crippen LogP contribution in [-0.2, 0) is 0 Å². The van der Waals surface area contributed by atoms with Crippen molar-refractivity contribution in [1.29, 1.82) is 0 Å². The lowest BCUT2D eigenvalue weighted by molar-refractivity contribution is -0.273. The van der Waals surface area contributed by atoms with Crippen molar-refractivity contribution in [3.05, 3.63) is 0 Å². The van der Waals surface area contributed by atoms with Crippen molar-refractivity contribution < 1.29 is 30.9 Å². The average Bonchev–Trinajstić information content (AvgIpc) is 2.11. The first-order valence-electron chi connectivity index (χ1n) is 2.26. The second-order valence-electron chi connectivity index (χ2n) is 2.00. The predicted molar refractivity (Wildman–Crippen MR) is 17.8 cm³/mol. The zero-order valence-corrected chi connectivity index (χ0v) is 4.59. The third-order valence-electron chi connectivity index (χ3n) is 1.40. The van der Waals surface area contributed by atoms with Crippen LogP contribution in [-0.4, -0.2) is 23.0 Å². The molecule has 8 heteroatoms. The Balaban J connectivity index is 2.96. The van der Waals surface area contributed by atoms with Crippen molar-refractivity contribution in [2.24, 2.45) is 0 Å². The molecule has 1 fully saturated rings. The van der Waals surface area contributed by atoms with Gasteiger partial charge < -0.3 is 0 Å². The van der Waals surface area contributed by atoms with Gasteiger partial charge in [0.15, 0.2) is 0 Å². The molecule has 0 aromatic heterocycles. The molecule has 0 atom stereocenters. The molecule has 0 amide bonds. The number of hydrogen-bond acceptors (Lipinski definition) is 1. The van der Waals surface area contributed by atoms with Crippen LogP contribution < -0.4 is 0 Å². The Labute approximate surface area is 55.3 Å². The van der Waals surface area contributed by atoms with E-state index in [1.54, 1.807) is 0 Å². The SMILES string of the molecule is FN(F)C1(F)C(F)(F)C1(F)F. The van der Waals surface area contributed by atoms with Crippen molar-refractivity contribution >= 4 is 0 Å². The van der Waals surface area contributed by atoms with Crippen molar-refractivity contribution in [3.8, 4) is 0 Å². The second-order valence-corrected chi connectivity index (χ2v) is 2.00. The highest BCUT2D eigenvalue weighted by atomic mass is 19.4. The molecule has 1 saturated carbocycles. The van der Waals surface area contributed by atoms with E-state index in [0.717, 1.165) is 0 Å². The summed E-state index contributed by atoms with van der Waals surface area (Å²) >= 11 is 0. The molecule has 1 aliphatic rings. The summed E-state index contributed by atoms with van der Waals surface area (Å²) in [5.74, 6) is -15.7. The number of alkyl halides is 5. The van der Waals surface area contributed by atoms with Crippen LogP contribution in [0.3, 0.4) is 0 Å². The molecule has 0 bridgehead atoms. The zero-order chi connectivity index (χ0) is 9.08. The Morgan fingerprint density at radius 1 is 0.727 bits per heavy atom. The second kappa shape index (κ2) is 1.62. The highest BCUT2D eigenvalue weighted by molar-refractivity contribution is 5.25. The molecule has 0 heterocycles. The minimum Gasteiger partial charge on any atom is -0.206 e. The molecule has 1 aliphatic carbocycles. The van der Waals surface area contributed by atoms with Gasteiger partial charge in [-0.25, -0.2) is 4.39 Å². The zero-order valence-electron chi connectivity index (χ0n) is 4.59. The van der Waals surface area contributed by atoms with E-state index in [0.29, 0.717) is 0 Å². The molecule has 1 rings (SSSR count). The number of hydrogen-bond donors (Lipinski definition) is 0. The fraction of sp³-hybridized carbons (Fsp3) is 1.00. The molecular weight excluding hydrogens is 183 g/mol. The molecule has 0 unspecified atom stereocenters. The summed E-state index contributed by atoms with van der Waals surface area (Å²) in [6.07, 6.45) is 0. The van der Waals surface area contributed by atoms with Crippen LogP contribution in [0, 0.1) is 0 Å². The van der Waals surface area contributed by atoms with E-state index in [4.69, 9.17) is 0 Å². The fourth-order valence-corrected chi connectivity index (χ4v) is 0.586.